The van der Waals surface area contributed by atoms with Gasteiger partial charge in [0.15, 0.2) is 0 Å². The van der Waals surface area contributed by atoms with Crippen LogP contribution in [0.25, 0.3) is 0 Å². The van der Waals surface area contributed by atoms with Crippen molar-refractivity contribution < 1.29 is 15.0 Å². The molecular weight excluding hydrogens is 256 g/mol. The fourth-order valence-electron chi connectivity index (χ4n) is 2.54. The molecule has 1 amide bonds. The van der Waals surface area contributed by atoms with Crippen LogP contribution in [0.1, 0.15) is 27.5 Å². The molecule has 1 heterocycles. The predicted octanol–water partition coefficient (Wildman–Crippen LogP) is 1.18. The average molecular weight is 270 g/mol. The van der Waals surface area contributed by atoms with Crippen molar-refractivity contribution in [3.8, 4) is 5.75 Å². The van der Waals surface area contributed by atoms with Crippen LogP contribution in [0.2, 0.25) is 0 Å². The highest BCUT2D eigenvalue weighted by Gasteiger charge is 2.32. The molecule has 2 unspecified atom stereocenters. The summed E-state index contributed by atoms with van der Waals surface area (Å²) >= 11 is 0. The Morgan fingerprint density at radius 3 is 2.90 bits per heavy atom. The summed E-state index contributed by atoms with van der Waals surface area (Å²) in [4.78, 5) is 15.9. The second kappa shape index (κ2) is 4.94. The van der Waals surface area contributed by atoms with Crippen LogP contribution in [0.4, 0.5) is 0 Å². The Labute approximate surface area is 115 Å². The van der Waals surface area contributed by atoms with Crippen molar-refractivity contribution in [3.05, 3.63) is 59.4 Å². The molecule has 2 aromatic rings. The SMILES string of the molecule is O=C(NC1c2ccccc2CC1O)c1ccncc1O. The molecule has 3 N–H and O–H groups in total. The minimum Gasteiger partial charge on any atom is -0.505 e. The predicted molar refractivity (Wildman–Crippen MR) is 72.3 cm³/mol. The summed E-state index contributed by atoms with van der Waals surface area (Å²) < 4.78 is 0. The van der Waals surface area contributed by atoms with Gasteiger partial charge in [-0.1, -0.05) is 24.3 Å². The normalized spacial score (nSPS) is 20.4. The number of carbonyl (C=O) groups is 1. The maximum absolute atomic E-state index is 12.2. The van der Waals surface area contributed by atoms with Crippen LogP contribution in [0, 0.1) is 0 Å². The summed E-state index contributed by atoms with van der Waals surface area (Å²) in [5.41, 5.74) is 2.10. The molecular formula is C15H14N2O3. The van der Waals surface area contributed by atoms with Crippen molar-refractivity contribution in [3.63, 3.8) is 0 Å². The molecule has 1 aliphatic rings. The molecule has 2 atom stereocenters. The third-order valence-electron chi connectivity index (χ3n) is 3.54. The largest absolute Gasteiger partial charge is 0.505 e. The first kappa shape index (κ1) is 12.6. The maximum Gasteiger partial charge on any atom is 0.255 e. The van der Waals surface area contributed by atoms with Gasteiger partial charge in [-0.05, 0) is 17.2 Å². The van der Waals surface area contributed by atoms with Gasteiger partial charge >= 0.3 is 0 Å². The van der Waals surface area contributed by atoms with Gasteiger partial charge in [0.25, 0.3) is 5.91 Å². The van der Waals surface area contributed by atoms with E-state index in [9.17, 15) is 15.0 Å². The van der Waals surface area contributed by atoms with Crippen molar-refractivity contribution in [1.29, 1.82) is 0 Å². The number of aliphatic hydroxyl groups is 1. The Morgan fingerprint density at radius 1 is 1.30 bits per heavy atom. The van der Waals surface area contributed by atoms with Crippen LogP contribution in [0.15, 0.2) is 42.7 Å². The Balaban J connectivity index is 1.85. The van der Waals surface area contributed by atoms with Crippen LogP contribution in [-0.2, 0) is 6.42 Å². The topological polar surface area (TPSA) is 82.5 Å². The molecule has 5 nitrogen and oxygen atoms in total. The van der Waals surface area contributed by atoms with Gasteiger partial charge in [0.2, 0.25) is 0 Å². The van der Waals surface area contributed by atoms with Gasteiger partial charge in [0, 0.05) is 12.6 Å². The first-order chi connectivity index (χ1) is 9.66. The Morgan fingerprint density at radius 2 is 2.10 bits per heavy atom. The highest BCUT2D eigenvalue weighted by Crippen LogP contribution is 2.31. The van der Waals surface area contributed by atoms with Gasteiger partial charge in [-0.15, -0.1) is 0 Å². The van der Waals surface area contributed by atoms with E-state index in [-0.39, 0.29) is 11.3 Å². The minimum atomic E-state index is -0.652. The van der Waals surface area contributed by atoms with Crippen molar-refractivity contribution in [2.75, 3.05) is 0 Å². The monoisotopic (exact) mass is 270 g/mol. The Kier molecular flexibility index (Phi) is 3.12. The van der Waals surface area contributed by atoms with Crippen LogP contribution in [-0.4, -0.2) is 27.2 Å². The first-order valence-electron chi connectivity index (χ1n) is 6.36. The number of aromatic nitrogens is 1. The zero-order chi connectivity index (χ0) is 14.1. The van der Waals surface area contributed by atoms with E-state index in [1.165, 1.54) is 18.5 Å². The van der Waals surface area contributed by atoms with Gasteiger partial charge < -0.3 is 15.5 Å². The van der Waals surface area contributed by atoms with Crippen LogP contribution < -0.4 is 5.32 Å². The quantitative estimate of drug-likeness (QED) is 0.765. The first-order valence-corrected chi connectivity index (χ1v) is 6.36. The number of hydrogen-bond acceptors (Lipinski definition) is 4. The molecule has 20 heavy (non-hydrogen) atoms. The van der Waals surface area contributed by atoms with E-state index in [2.05, 4.69) is 10.3 Å². The van der Waals surface area contributed by atoms with E-state index in [0.717, 1.165) is 11.1 Å². The molecule has 0 fully saturated rings. The molecule has 5 heteroatoms. The average Bonchev–Trinajstić information content (AvgIpc) is 2.76. The lowest BCUT2D eigenvalue weighted by Gasteiger charge is -2.18. The van der Waals surface area contributed by atoms with Gasteiger partial charge in [-0.3, -0.25) is 9.78 Å². The van der Waals surface area contributed by atoms with Gasteiger partial charge in [0.1, 0.15) is 5.75 Å². The molecule has 0 radical (unpaired) electrons. The summed E-state index contributed by atoms with van der Waals surface area (Å²) in [6.07, 6.45) is 2.52. The van der Waals surface area contributed by atoms with Gasteiger partial charge in [0.05, 0.1) is 23.9 Å². The van der Waals surface area contributed by atoms with Crippen LogP contribution >= 0.6 is 0 Å². The molecule has 0 saturated heterocycles. The lowest BCUT2D eigenvalue weighted by atomic mass is 10.1. The second-order valence-corrected chi connectivity index (χ2v) is 4.81. The Bertz CT molecular complexity index is 657. The fraction of sp³-hybridized carbons (Fsp3) is 0.200. The summed E-state index contributed by atoms with van der Waals surface area (Å²) in [5, 5.41) is 22.5. The highest BCUT2D eigenvalue weighted by atomic mass is 16.3. The number of fused-ring (bicyclic) bond motifs is 1. The van der Waals surface area contributed by atoms with E-state index in [1.54, 1.807) is 0 Å². The highest BCUT2D eigenvalue weighted by molar-refractivity contribution is 5.96. The van der Waals surface area contributed by atoms with Crippen LogP contribution in [0.5, 0.6) is 5.75 Å². The van der Waals surface area contributed by atoms with Crippen molar-refractivity contribution in [2.45, 2.75) is 18.6 Å². The summed E-state index contributed by atoms with van der Waals surface area (Å²) in [6.45, 7) is 0. The standard InChI is InChI=1S/C15H14N2O3/c18-12-7-9-3-1-2-4-10(9)14(12)17-15(20)11-5-6-16-8-13(11)19/h1-6,8,12,14,18-19H,7H2,(H,17,20). The lowest BCUT2D eigenvalue weighted by Crippen LogP contribution is -2.33. The van der Waals surface area contributed by atoms with Crippen LogP contribution in [0.3, 0.4) is 0 Å². The third-order valence-corrected chi connectivity index (χ3v) is 3.54. The van der Waals surface area contributed by atoms with E-state index >= 15 is 0 Å². The molecule has 0 saturated carbocycles. The number of aromatic hydroxyl groups is 1. The van der Waals surface area contributed by atoms with E-state index in [1.807, 2.05) is 24.3 Å². The van der Waals surface area contributed by atoms with E-state index in [0.29, 0.717) is 6.42 Å². The number of carbonyl (C=O) groups excluding carboxylic acids is 1. The molecule has 1 aliphatic carbocycles. The molecule has 1 aromatic carbocycles. The van der Waals surface area contributed by atoms with E-state index in [4.69, 9.17) is 0 Å². The molecule has 0 spiro atoms. The third kappa shape index (κ3) is 2.12. The Hall–Kier alpha value is -2.40. The van der Waals surface area contributed by atoms with Crippen molar-refractivity contribution in [1.82, 2.24) is 10.3 Å². The minimum absolute atomic E-state index is 0.150. The summed E-state index contributed by atoms with van der Waals surface area (Å²) in [5.74, 6) is -0.601. The number of aliphatic hydroxyl groups excluding tert-OH is 1. The zero-order valence-corrected chi connectivity index (χ0v) is 10.7. The molecule has 102 valence electrons. The number of nitrogens with zero attached hydrogens (tertiary/aromatic N) is 1. The fourth-order valence-corrected chi connectivity index (χ4v) is 2.54. The lowest BCUT2D eigenvalue weighted by molar-refractivity contribution is 0.0855. The van der Waals surface area contributed by atoms with E-state index < -0.39 is 18.1 Å². The summed E-state index contributed by atoms with van der Waals surface area (Å²) in [6, 6.07) is 8.60. The number of rotatable bonds is 2. The molecule has 0 bridgehead atoms. The molecule has 1 aromatic heterocycles. The zero-order valence-electron chi connectivity index (χ0n) is 10.7. The smallest absolute Gasteiger partial charge is 0.255 e. The second-order valence-electron chi connectivity index (χ2n) is 4.81. The number of benzene rings is 1. The summed E-state index contributed by atoms with van der Waals surface area (Å²) in [7, 11) is 0. The van der Waals surface area contributed by atoms with Crippen molar-refractivity contribution >= 4 is 5.91 Å². The molecule has 3 rings (SSSR count). The van der Waals surface area contributed by atoms with Crippen molar-refractivity contribution in [2.24, 2.45) is 0 Å². The number of amides is 1. The molecule has 0 aliphatic heterocycles. The number of hydrogen-bond donors (Lipinski definition) is 3. The van der Waals surface area contributed by atoms with Gasteiger partial charge in [-0.25, -0.2) is 0 Å². The number of pyridine rings is 1. The number of nitrogens with one attached hydrogen (secondary N) is 1. The maximum atomic E-state index is 12.2. The van der Waals surface area contributed by atoms with Gasteiger partial charge in [-0.2, -0.15) is 0 Å².